The second-order valence-electron chi connectivity index (χ2n) is 7.13. The van der Waals surface area contributed by atoms with Crippen LogP contribution in [0.1, 0.15) is 33.9 Å². The Balaban J connectivity index is 1.25. The SMILES string of the molecule is Clc1ccccc1COc1ccc(C=NC2=N[C@@H](c3ccco3)[C@@H](c3ccco3)S2)cc1. The molecule has 3 heterocycles. The summed E-state index contributed by atoms with van der Waals surface area (Å²) >= 11 is 7.75. The van der Waals surface area contributed by atoms with Gasteiger partial charge in [0.2, 0.25) is 0 Å². The largest absolute Gasteiger partial charge is 0.489 e. The van der Waals surface area contributed by atoms with E-state index in [1.165, 1.54) is 0 Å². The average Bonchev–Trinajstić information content (AvgIpc) is 3.59. The molecule has 4 aromatic rings. The molecule has 1 aliphatic rings. The van der Waals surface area contributed by atoms with Crippen molar-refractivity contribution in [1.82, 2.24) is 0 Å². The zero-order valence-corrected chi connectivity index (χ0v) is 18.5. The Morgan fingerprint density at radius 2 is 1.69 bits per heavy atom. The first kappa shape index (κ1) is 20.7. The van der Waals surface area contributed by atoms with Gasteiger partial charge in [-0.15, -0.1) is 0 Å². The Kier molecular flexibility index (Phi) is 6.14. The van der Waals surface area contributed by atoms with Gasteiger partial charge >= 0.3 is 0 Å². The van der Waals surface area contributed by atoms with Crippen molar-refractivity contribution in [3.05, 3.63) is 113 Å². The summed E-state index contributed by atoms with van der Waals surface area (Å²) in [4.78, 5) is 9.36. The van der Waals surface area contributed by atoms with E-state index in [0.29, 0.717) is 16.8 Å². The molecule has 2 aromatic carbocycles. The van der Waals surface area contributed by atoms with Crippen LogP contribution in [0.15, 0.2) is 104 Å². The molecule has 160 valence electrons. The molecule has 5 nitrogen and oxygen atoms in total. The van der Waals surface area contributed by atoms with E-state index in [1.807, 2.05) is 72.8 Å². The third-order valence-electron chi connectivity index (χ3n) is 4.98. The molecule has 0 radical (unpaired) electrons. The zero-order chi connectivity index (χ0) is 21.8. The lowest BCUT2D eigenvalue weighted by atomic mass is 10.1. The van der Waals surface area contributed by atoms with E-state index in [1.54, 1.807) is 30.5 Å². The normalized spacial score (nSPS) is 18.2. The fraction of sp³-hybridized carbons (Fsp3) is 0.120. The predicted octanol–water partition coefficient (Wildman–Crippen LogP) is 7.11. The van der Waals surface area contributed by atoms with Gasteiger partial charge in [-0.25, -0.2) is 9.98 Å². The third kappa shape index (κ3) is 4.66. The van der Waals surface area contributed by atoms with Crippen LogP contribution < -0.4 is 4.74 Å². The monoisotopic (exact) mass is 462 g/mol. The van der Waals surface area contributed by atoms with E-state index in [9.17, 15) is 0 Å². The maximum atomic E-state index is 6.18. The summed E-state index contributed by atoms with van der Waals surface area (Å²) in [6.45, 7) is 0.420. The summed E-state index contributed by atoms with van der Waals surface area (Å²) in [5, 5.41) is 1.38. The van der Waals surface area contributed by atoms with Gasteiger partial charge in [-0.3, -0.25) is 0 Å². The smallest absolute Gasteiger partial charge is 0.184 e. The first-order chi connectivity index (χ1) is 15.8. The number of aliphatic imine (C=N–C) groups is 2. The van der Waals surface area contributed by atoms with E-state index in [0.717, 1.165) is 28.4 Å². The van der Waals surface area contributed by atoms with Crippen LogP contribution in [-0.2, 0) is 6.61 Å². The van der Waals surface area contributed by atoms with E-state index in [4.69, 9.17) is 30.2 Å². The molecule has 0 fully saturated rings. The quantitative estimate of drug-likeness (QED) is 0.286. The topological polar surface area (TPSA) is 60.2 Å². The second kappa shape index (κ2) is 9.51. The Labute approximate surface area is 194 Å². The van der Waals surface area contributed by atoms with E-state index in [-0.39, 0.29) is 11.3 Å². The minimum Gasteiger partial charge on any atom is -0.489 e. The third-order valence-corrected chi connectivity index (χ3v) is 6.52. The van der Waals surface area contributed by atoms with Crippen molar-refractivity contribution in [2.45, 2.75) is 17.9 Å². The number of amidine groups is 1. The summed E-state index contributed by atoms with van der Waals surface area (Å²) in [6, 6.07) is 22.9. The van der Waals surface area contributed by atoms with Crippen molar-refractivity contribution in [3.8, 4) is 5.75 Å². The van der Waals surface area contributed by atoms with Crippen LogP contribution in [0.2, 0.25) is 5.02 Å². The van der Waals surface area contributed by atoms with E-state index < -0.39 is 0 Å². The molecule has 0 saturated carbocycles. The average molecular weight is 463 g/mol. The molecule has 2 aromatic heterocycles. The molecule has 0 N–H and O–H groups in total. The maximum Gasteiger partial charge on any atom is 0.184 e. The maximum absolute atomic E-state index is 6.18. The molecular formula is C25H19ClN2O3S. The van der Waals surface area contributed by atoms with Gasteiger partial charge in [-0.05, 0) is 60.2 Å². The number of halogens is 1. The van der Waals surface area contributed by atoms with Crippen molar-refractivity contribution in [3.63, 3.8) is 0 Å². The highest BCUT2D eigenvalue weighted by Gasteiger charge is 2.36. The van der Waals surface area contributed by atoms with Gasteiger partial charge in [0.1, 0.15) is 35.2 Å². The Hall–Kier alpha value is -3.22. The molecule has 1 aliphatic heterocycles. The van der Waals surface area contributed by atoms with Crippen molar-refractivity contribution < 1.29 is 13.6 Å². The molecule has 2 atom stereocenters. The second-order valence-corrected chi connectivity index (χ2v) is 8.65. The summed E-state index contributed by atoms with van der Waals surface area (Å²) < 4.78 is 17.1. The highest BCUT2D eigenvalue weighted by Crippen LogP contribution is 2.48. The van der Waals surface area contributed by atoms with E-state index >= 15 is 0 Å². The fourth-order valence-electron chi connectivity index (χ4n) is 3.35. The lowest BCUT2D eigenvalue weighted by Gasteiger charge is -2.11. The van der Waals surface area contributed by atoms with Crippen molar-refractivity contribution in [1.29, 1.82) is 0 Å². The summed E-state index contributed by atoms with van der Waals surface area (Å²) in [7, 11) is 0. The lowest BCUT2D eigenvalue weighted by molar-refractivity contribution is 0.306. The van der Waals surface area contributed by atoms with Crippen LogP contribution in [0.3, 0.4) is 0 Å². The van der Waals surface area contributed by atoms with E-state index in [2.05, 4.69) is 4.99 Å². The molecule has 5 rings (SSSR count). The molecule has 7 heteroatoms. The Bertz CT molecular complexity index is 1220. The predicted molar refractivity (Wildman–Crippen MR) is 128 cm³/mol. The van der Waals surface area contributed by atoms with Gasteiger partial charge < -0.3 is 13.6 Å². The van der Waals surface area contributed by atoms with Crippen molar-refractivity contribution in [2.75, 3.05) is 0 Å². The standard InChI is InChI=1S/C25H19ClN2O3S/c26-20-6-2-1-5-18(20)16-31-19-11-9-17(10-12-19)15-27-25-28-23(21-7-3-13-29-21)24(32-25)22-8-4-14-30-22/h1-15,23-24H,16H2/t23-,24+/m0/s1. The summed E-state index contributed by atoms with van der Waals surface area (Å²) in [5.74, 6) is 2.42. The Morgan fingerprint density at radius 1 is 0.938 bits per heavy atom. The molecule has 0 unspecified atom stereocenters. The van der Waals surface area contributed by atoms with Gasteiger partial charge in [0.05, 0.1) is 12.5 Å². The molecule has 32 heavy (non-hydrogen) atoms. The first-order valence-corrected chi connectivity index (χ1v) is 11.3. The summed E-state index contributed by atoms with van der Waals surface area (Å²) in [5.41, 5.74) is 1.91. The molecule has 0 bridgehead atoms. The first-order valence-electron chi connectivity index (χ1n) is 10.1. The van der Waals surface area contributed by atoms with Gasteiger partial charge in [-0.1, -0.05) is 41.6 Å². The molecular weight excluding hydrogens is 444 g/mol. The number of nitrogens with zero attached hydrogens (tertiary/aromatic N) is 2. The van der Waals surface area contributed by atoms with Crippen LogP contribution in [0.4, 0.5) is 0 Å². The zero-order valence-electron chi connectivity index (χ0n) is 16.9. The number of hydrogen-bond acceptors (Lipinski definition) is 6. The Morgan fingerprint density at radius 3 is 2.41 bits per heavy atom. The molecule has 0 saturated heterocycles. The van der Waals surface area contributed by atoms with Crippen LogP contribution in [0.5, 0.6) is 5.75 Å². The lowest BCUT2D eigenvalue weighted by Crippen LogP contribution is -1.99. The molecule has 0 aliphatic carbocycles. The number of thioether (sulfide) groups is 1. The van der Waals surface area contributed by atoms with Gasteiger partial charge in [-0.2, -0.15) is 0 Å². The molecule has 0 amide bonds. The van der Waals surface area contributed by atoms with Crippen molar-refractivity contribution >= 4 is 34.7 Å². The number of ether oxygens (including phenoxy) is 1. The van der Waals surface area contributed by atoms with Crippen LogP contribution in [-0.4, -0.2) is 11.4 Å². The van der Waals surface area contributed by atoms with Gasteiger partial charge in [0, 0.05) is 16.8 Å². The van der Waals surface area contributed by atoms with Gasteiger partial charge in [0.25, 0.3) is 0 Å². The fourth-order valence-corrected chi connectivity index (χ4v) is 4.63. The highest BCUT2D eigenvalue weighted by atomic mass is 35.5. The minimum absolute atomic E-state index is 0.0103. The van der Waals surface area contributed by atoms with Gasteiger partial charge in [0.15, 0.2) is 5.17 Å². The number of furan rings is 2. The number of rotatable bonds is 6. The highest BCUT2D eigenvalue weighted by molar-refractivity contribution is 8.14. The van der Waals surface area contributed by atoms with Crippen LogP contribution in [0.25, 0.3) is 0 Å². The van der Waals surface area contributed by atoms with Crippen LogP contribution >= 0.6 is 23.4 Å². The number of hydrogen-bond donors (Lipinski definition) is 0. The van der Waals surface area contributed by atoms with Crippen LogP contribution in [0, 0.1) is 0 Å². The van der Waals surface area contributed by atoms with Crippen molar-refractivity contribution in [2.24, 2.45) is 9.98 Å². The summed E-state index contributed by atoms with van der Waals surface area (Å²) in [6.07, 6.45) is 5.13. The number of benzene rings is 2. The minimum atomic E-state index is -0.172. The molecule has 0 spiro atoms.